The minimum atomic E-state index is 0.529. The molecule has 0 fully saturated rings. The average molecular weight is 206 g/mol. The van der Waals surface area contributed by atoms with E-state index >= 15 is 0 Å². The molecule has 0 amide bonds. The Balaban J connectivity index is 2.26. The first kappa shape index (κ1) is 11.7. The van der Waals surface area contributed by atoms with Gasteiger partial charge >= 0.3 is 0 Å². The Hall–Kier alpha value is -1.35. The maximum Gasteiger partial charge on any atom is 0.142 e. The molecule has 82 valence electrons. The molecule has 1 rings (SSSR count). The van der Waals surface area contributed by atoms with Crippen molar-refractivity contribution < 1.29 is 4.84 Å². The molecule has 0 heterocycles. The molecular weight excluding hydrogens is 188 g/mol. The Bertz CT molecular complexity index is 296. The number of nitrogens with two attached hydrogens (primary N) is 1. The van der Waals surface area contributed by atoms with Crippen LogP contribution in [0.3, 0.4) is 0 Å². The summed E-state index contributed by atoms with van der Waals surface area (Å²) in [5.41, 5.74) is 7.53. The second-order valence-corrected chi connectivity index (χ2v) is 3.48. The van der Waals surface area contributed by atoms with E-state index in [2.05, 4.69) is 5.16 Å². The van der Waals surface area contributed by atoms with E-state index in [0.717, 1.165) is 24.1 Å². The predicted octanol–water partition coefficient (Wildman–Crippen LogP) is 2.32. The SMILES string of the molecule is C/C(CCCN)=N\OCc1ccccc1. The van der Waals surface area contributed by atoms with Crippen molar-refractivity contribution >= 4 is 5.71 Å². The first-order chi connectivity index (χ1) is 7.33. The van der Waals surface area contributed by atoms with Crippen LogP contribution in [0.2, 0.25) is 0 Å². The van der Waals surface area contributed by atoms with Gasteiger partial charge in [-0.2, -0.15) is 0 Å². The van der Waals surface area contributed by atoms with Gasteiger partial charge in [0.25, 0.3) is 0 Å². The summed E-state index contributed by atoms with van der Waals surface area (Å²) < 4.78 is 0. The van der Waals surface area contributed by atoms with E-state index in [1.165, 1.54) is 0 Å². The molecule has 1 aromatic rings. The van der Waals surface area contributed by atoms with Crippen LogP contribution in [-0.2, 0) is 11.4 Å². The Morgan fingerprint density at radius 1 is 1.33 bits per heavy atom. The molecule has 0 bridgehead atoms. The van der Waals surface area contributed by atoms with Crippen molar-refractivity contribution in [2.24, 2.45) is 10.9 Å². The van der Waals surface area contributed by atoms with Gasteiger partial charge in [-0.25, -0.2) is 0 Å². The molecule has 1 aromatic carbocycles. The third-order valence-corrected chi connectivity index (χ3v) is 2.04. The van der Waals surface area contributed by atoms with Gasteiger partial charge in [-0.3, -0.25) is 0 Å². The molecule has 0 aliphatic heterocycles. The van der Waals surface area contributed by atoms with Crippen molar-refractivity contribution in [2.75, 3.05) is 6.54 Å². The van der Waals surface area contributed by atoms with Gasteiger partial charge in [0.05, 0.1) is 5.71 Å². The van der Waals surface area contributed by atoms with Crippen molar-refractivity contribution in [3.05, 3.63) is 35.9 Å². The smallest absolute Gasteiger partial charge is 0.142 e. The molecule has 0 saturated carbocycles. The zero-order valence-electron chi connectivity index (χ0n) is 9.15. The second-order valence-electron chi connectivity index (χ2n) is 3.48. The van der Waals surface area contributed by atoms with Crippen LogP contribution >= 0.6 is 0 Å². The third kappa shape index (κ3) is 5.18. The molecule has 15 heavy (non-hydrogen) atoms. The molecule has 2 N–H and O–H groups in total. The van der Waals surface area contributed by atoms with Crippen molar-refractivity contribution in [1.29, 1.82) is 0 Å². The fourth-order valence-corrected chi connectivity index (χ4v) is 1.19. The average Bonchev–Trinajstić information content (AvgIpc) is 2.28. The Labute approximate surface area is 90.9 Å². The van der Waals surface area contributed by atoms with Gasteiger partial charge < -0.3 is 10.6 Å². The maximum atomic E-state index is 5.40. The van der Waals surface area contributed by atoms with Crippen LogP contribution in [0.25, 0.3) is 0 Å². The van der Waals surface area contributed by atoms with Gasteiger partial charge in [0.2, 0.25) is 0 Å². The van der Waals surface area contributed by atoms with Gasteiger partial charge in [-0.05, 0) is 31.9 Å². The molecule has 3 nitrogen and oxygen atoms in total. The quantitative estimate of drug-likeness (QED) is 0.573. The van der Waals surface area contributed by atoms with E-state index in [9.17, 15) is 0 Å². The number of oxime groups is 1. The number of rotatable bonds is 6. The first-order valence-electron chi connectivity index (χ1n) is 5.22. The topological polar surface area (TPSA) is 47.6 Å². The van der Waals surface area contributed by atoms with Crippen LogP contribution in [0.15, 0.2) is 35.5 Å². The van der Waals surface area contributed by atoms with E-state index < -0.39 is 0 Å². The normalized spacial score (nSPS) is 11.5. The van der Waals surface area contributed by atoms with E-state index in [1.807, 2.05) is 37.3 Å². The van der Waals surface area contributed by atoms with Crippen LogP contribution in [0.5, 0.6) is 0 Å². The number of benzene rings is 1. The van der Waals surface area contributed by atoms with Crippen molar-refractivity contribution in [2.45, 2.75) is 26.4 Å². The molecule has 0 unspecified atom stereocenters. The largest absolute Gasteiger partial charge is 0.391 e. The lowest BCUT2D eigenvalue weighted by Gasteiger charge is -2.01. The van der Waals surface area contributed by atoms with Gasteiger partial charge in [0.15, 0.2) is 0 Å². The molecule has 0 aliphatic rings. The number of hydrogen-bond donors (Lipinski definition) is 1. The fraction of sp³-hybridized carbons (Fsp3) is 0.417. The van der Waals surface area contributed by atoms with Crippen LogP contribution < -0.4 is 5.73 Å². The number of nitrogens with zero attached hydrogens (tertiary/aromatic N) is 1. The summed E-state index contributed by atoms with van der Waals surface area (Å²) in [7, 11) is 0. The predicted molar refractivity (Wildman–Crippen MR) is 62.6 cm³/mol. The molecule has 0 radical (unpaired) electrons. The third-order valence-electron chi connectivity index (χ3n) is 2.04. The lowest BCUT2D eigenvalue weighted by Crippen LogP contribution is -2.02. The monoisotopic (exact) mass is 206 g/mol. The molecule has 0 spiro atoms. The Morgan fingerprint density at radius 3 is 2.73 bits per heavy atom. The van der Waals surface area contributed by atoms with Gasteiger partial charge in [0, 0.05) is 0 Å². The summed E-state index contributed by atoms with van der Waals surface area (Å²) in [4.78, 5) is 5.23. The lowest BCUT2D eigenvalue weighted by atomic mass is 10.2. The molecular formula is C12H18N2O. The van der Waals surface area contributed by atoms with Crippen molar-refractivity contribution in [1.82, 2.24) is 0 Å². The molecule has 0 aromatic heterocycles. The molecule has 3 heteroatoms. The minimum Gasteiger partial charge on any atom is -0.391 e. The highest BCUT2D eigenvalue weighted by atomic mass is 16.6. The summed E-state index contributed by atoms with van der Waals surface area (Å²) in [6.07, 6.45) is 1.87. The van der Waals surface area contributed by atoms with Crippen LogP contribution in [0.4, 0.5) is 0 Å². The summed E-state index contributed by atoms with van der Waals surface area (Å²) in [6.45, 7) is 3.19. The van der Waals surface area contributed by atoms with Crippen molar-refractivity contribution in [3.63, 3.8) is 0 Å². The molecule has 0 saturated heterocycles. The van der Waals surface area contributed by atoms with Crippen molar-refractivity contribution in [3.8, 4) is 0 Å². The van der Waals surface area contributed by atoms with Crippen LogP contribution in [0, 0.1) is 0 Å². The zero-order chi connectivity index (χ0) is 10.9. The molecule has 0 aliphatic carbocycles. The van der Waals surface area contributed by atoms with Gasteiger partial charge in [0.1, 0.15) is 6.61 Å². The molecule has 0 atom stereocenters. The Morgan fingerprint density at radius 2 is 2.07 bits per heavy atom. The van der Waals surface area contributed by atoms with Crippen LogP contribution in [-0.4, -0.2) is 12.3 Å². The van der Waals surface area contributed by atoms with E-state index in [1.54, 1.807) is 0 Å². The summed E-state index contributed by atoms with van der Waals surface area (Å²) in [5, 5.41) is 4.02. The van der Waals surface area contributed by atoms with Crippen LogP contribution in [0.1, 0.15) is 25.3 Å². The first-order valence-corrected chi connectivity index (χ1v) is 5.22. The van der Waals surface area contributed by atoms with Gasteiger partial charge in [-0.15, -0.1) is 0 Å². The maximum absolute atomic E-state index is 5.40. The summed E-state index contributed by atoms with van der Waals surface area (Å²) in [5.74, 6) is 0. The van der Waals surface area contributed by atoms with Gasteiger partial charge in [-0.1, -0.05) is 35.5 Å². The standard InChI is InChI=1S/C12H18N2O/c1-11(6-5-9-13)14-15-10-12-7-3-2-4-8-12/h2-4,7-8H,5-6,9-10,13H2,1H3/b14-11+. The summed E-state index contributed by atoms with van der Waals surface area (Å²) in [6, 6.07) is 10.0. The lowest BCUT2D eigenvalue weighted by molar-refractivity contribution is 0.129. The zero-order valence-corrected chi connectivity index (χ0v) is 9.15. The minimum absolute atomic E-state index is 0.529. The highest BCUT2D eigenvalue weighted by Gasteiger charge is 1.93. The highest BCUT2D eigenvalue weighted by molar-refractivity contribution is 5.81. The second kappa shape index (κ2) is 7.01. The summed E-state index contributed by atoms with van der Waals surface area (Å²) >= 11 is 0. The fourth-order valence-electron chi connectivity index (χ4n) is 1.19. The van der Waals surface area contributed by atoms with E-state index in [0.29, 0.717) is 13.2 Å². The highest BCUT2D eigenvalue weighted by Crippen LogP contribution is 2.01. The van der Waals surface area contributed by atoms with E-state index in [4.69, 9.17) is 10.6 Å². The Kier molecular flexibility index (Phi) is 5.48. The number of hydrogen-bond acceptors (Lipinski definition) is 3. The van der Waals surface area contributed by atoms with E-state index in [-0.39, 0.29) is 0 Å².